The van der Waals surface area contributed by atoms with E-state index in [1.54, 1.807) is 24.9 Å². The molecule has 0 saturated heterocycles. The van der Waals surface area contributed by atoms with Gasteiger partial charge in [0.1, 0.15) is 11.7 Å². The standard InChI is InChI=1S/C12H16N6O2/c1-7-4-5-14-18(7)8(2)12(20)16-9-6-15-17(3)10(9)11(13)19/h4-6,8H,1-3H3,(H2,13,19)(H,16,20). The fourth-order valence-electron chi connectivity index (χ4n) is 1.96. The average Bonchev–Trinajstić information content (AvgIpc) is 2.95. The Bertz CT molecular complexity index is 657. The number of nitrogens with two attached hydrogens (primary N) is 1. The minimum atomic E-state index is -0.650. The Morgan fingerprint density at radius 1 is 1.40 bits per heavy atom. The number of amides is 2. The van der Waals surface area contributed by atoms with Crippen LogP contribution in [0.3, 0.4) is 0 Å². The van der Waals surface area contributed by atoms with Crippen LogP contribution < -0.4 is 11.1 Å². The predicted octanol–water partition coefficient (Wildman–Crippen LogP) is 0.224. The predicted molar refractivity (Wildman–Crippen MR) is 72.0 cm³/mol. The van der Waals surface area contributed by atoms with Gasteiger partial charge in [0.25, 0.3) is 5.91 Å². The molecule has 0 bridgehead atoms. The summed E-state index contributed by atoms with van der Waals surface area (Å²) in [4.78, 5) is 23.5. The first-order chi connectivity index (χ1) is 9.41. The van der Waals surface area contributed by atoms with Crippen LogP contribution in [0.15, 0.2) is 18.5 Å². The van der Waals surface area contributed by atoms with Crippen molar-refractivity contribution in [2.75, 3.05) is 5.32 Å². The quantitative estimate of drug-likeness (QED) is 0.832. The zero-order valence-electron chi connectivity index (χ0n) is 11.5. The largest absolute Gasteiger partial charge is 0.364 e. The van der Waals surface area contributed by atoms with Crippen molar-refractivity contribution in [3.05, 3.63) is 29.8 Å². The monoisotopic (exact) mass is 276 g/mol. The van der Waals surface area contributed by atoms with Gasteiger partial charge in [0.15, 0.2) is 0 Å². The molecule has 0 aliphatic heterocycles. The Balaban J connectivity index is 2.21. The van der Waals surface area contributed by atoms with E-state index in [-0.39, 0.29) is 11.6 Å². The van der Waals surface area contributed by atoms with Crippen molar-refractivity contribution in [2.45, 2.75) is 19.9 Å². The van der Waals surface area contributed by atoms with E-state index in [1.165, 1.54) is 10.9 Å². The van der Waals surface area contributed by atoms with Gasteiger partial charge < -0.3 is 11.1 Å². The molecule has 1 atom stereocenters. The molecule has 0 fully saturated rings. The highest BCUT2D eigenvalue weighted by Gasteiger charge is 2.21. The summed E-state index contributed by atoms with van der Waals surface area (Å²) in [5.74, 6) is -0.949. The van der Waals surface area contributed by atoms with Crippen LogP contribution in [0, 0.1) is 6.92 Å². The molecule has 2 amide bonds. The summed E-state index contributed by atoms with van der Waals surface area (Å²) in [6, 6.07) is 1.30. The molecule has 0 radical (unpaired) electrons. The Morgan fingerprint density at radius 3 is 2.65 bits per heavy atom. The van der Waals surface area contributed by atoms with Gasteiger partial charge >= 0.3 is 0 Å². The molecule has 2 rings (SSSR count). The molecule has 2 aromatic heterocycles. The first kappa shape index (κ1) is 13.8. The Kier molecular flexibility index (Phi) is 3.55. The van der Waals surface area contributed by atoms with Gasteiger partial charge in [-0.05, 0) is 19.9 Å². The number of hydrogen-bond acceptors (Lipinski definition) is 4. The van der Waals surface area contributed by atoms with E-state index in [0.29, 0.717) is 5.69 Å². The number of anilines is 1. The topological polar surface area (TPSA) is 108 Å². The molecule has 0 saturated carbocycles. The number of aromatic nitrogens is 4. The summed E-state index contributed by atoms with van der Waals surface area (Å²) < 4.78 is 2.91. The maximum atomic E-state index is 12.2. The SMILES string of the molecule is Cc1ccnn1C(C)C(=O)Nc1cnn(C)c1C(N)=O. The molecule has 1 unspecified atom stereocenters. The lowest BCUT2D eigenvalue weighted by Gasteiger charge is -2.14. The summed E-state index contributed by atoms with van der Waals surface area (Å²) in [6.45, 7) is 3.57. The van der Waals surface area contributed by atoms with Gasteiger partial charge in [-0.15, -0.1) is 0 Å². The van der Waals surface area contributed by atoms with Crippen LogP contribution in [-0.2, 0) is 11.8 Å². The van der Waals surface area contributed by atoms with Gasteiger partial charge in [-0.3, -0.25) is 19.0 Å². The number of nitrogens with one attached hydrogen (secondary N) is 1. The number of nitrogens with zero attached hydrogens (tertiary/aromatic N) is 4. The van der Waals surface area contributed by atoms with Gasteiger partial charge in [0.2, 0.25) is 5.91 Å². The first-order valence-corrected chi connectivity index (χ1v) is 6.04. The molecular weight excluding hydrogens is 260 g/mol. The summed E-state index contributed by atoms with van der Waals surface area (Å²) in [6.07, 6.45) is 3.01. The second-order valence-electron chi connectivity index (χ2n) is 4.48. The van der Waals surface area contributed by atoms with E-state index in [0.717, 1.165) is 5.69 Å². The number of carbonyl (C=O) groups is 2. The van der Waals surface area contributed by atoms with E-state index >= 15 is 0 Å². The van der Waals surface area contributed by atoms with Crippen molar-refractivity contribution in [3.63, 3.8) is 0 Å². The van der Waals surface area contributed by atoms with Crippen LogP contribution in [0.4, 0.5) is 5.69 Å². The van der Waals surface area contributed by atoms with Gasteiger partial charge in [-0.1, -0.05) is 0 Å². The van der Waals surface area contributed by atoms with Crippen molar-refractivity contribution >= 4 is 17.5 Å². The molecule has 0 aromatic carbocycles. The third kappa shape index (κ3) is 2.40. The highest BCUT2D eigenvalue weighted by molar-refractivity contribution is 6.02. The number of primary amides is 1. The minimum absolute atomic E-state index is 0.155. The summed E-state index contributed by atoms with van der Waals surface area (Å²) >= 11 is 0. The second kappa shape index (κ2) is 5.16. The van der Waals surface area contributed by atoms with Crippen LogP contribution in [0.25, 0.3) is 0 Å². The third-order valence-corrected chi connectivity index (χ3v) is 3.04. The lowest BCUT2D eigenvalue weighted by atomic mass is 10.2. The number of hydrogen-bond donors (Lipinski definition) is 2. The molecule has 0 spiro atoms. The van der Waals surface area contributed by atoms with E-state index in [9.17, 15) is 9.59 Å². The number of rotatable bonds is 4. The van der Waals surface area contributed by atoms with Crippen LogP contribution in [0.1, 0.15) is 29.1 Å². The second-order valence-corrected chi connectivity index (χ2v) is 4.48. The maximum Gasteiger partial charge on any atom is 0.269 e. The summed E-state index contributed by atoms with van der Waals surface area (Å²) in [7, 11) is 1.58. The summed E-state index contributed by atoms with van der Waals surface area (Å²) in [5, 5.41) is 10.6. The number of aryl methyl sites for hydroxylation is 2. The third-order valence-electron chi connectivity index (χ3n) is 3.04. The van der Waals surface area contributed by atoms with Crippen molar-refractivity contribution < 1.29 is 9.59 Å². The molecule has 3 N–H and O–H groups in total. The van der Waals surface area contributed by atoms with Crippen molar-refractivity contribution in [2.24, 2.45) is 12.8 Å². The van der Waals surface area contributed by atoms with Crippen molar-refractivity contribution in [1.82, 2.24) is 19.6 Å². The Hall–Kier alpha value is -2.64. The van der Waals surface area contributed by atoms with E-state index < -0.39 is 11.9 Å². The highest BCUT2D eigenvalue weighted by Crippen LogP contribution is 2.16. The normalized spacial score (nSPS) is 12.2. The van der Waals surface area contributed by atoms with E-state index in [2.05, 4.69) is 15.5 Å². The van der Waals surface area contributed by atoms with E-state index in [1.807, 2.05) is 13.0 Å². The zero-order valence-corrected chi connectivity index (χ0v) is 11.5. The van der Waals surface area contributed by atoms with Crippen molar-refractivity contribution in [1.29, 1.82) is 0 Å². The molecule has 0 aliphatic carbocycles. The lowest BCUT2D eigenvalue weighted by molar-refractivity contribution is -0.119. The van der Waals surface area contributed by atoms with Crippen molar-refractivity contribution in [3.8, 4) is 0 Å². The molecule has 20 heavy (non-hydrogen) atoms. The van der Waals surface area contributed by atoms with Gasteiger partial charge in [0, 0.05) is 18.9 Å². The van der Waals surface area contributed by atoms with Crippen LogP contribution in [0.2, 0.25) is 0 Å². The first-order valence-electron chi connectivity index (χ1n) is 6.04. The zero-order chi connectivity index (χ0) is 14.9. The molecular formula is C12H16N6O2. The fraction of sp³-hybridized carbons (Fsp3) is 0.333. The maximum absolute atomic E-state index is 12.2. The van der Waals surface area contributed by atoms with Crippen LogP contribution >= 0.6 is 0 Å². The van der Waals surface area contributed by atoms with Crippen LogP contribution in [0.5, 0.6) is 0 Å². The smallest absolute Gasteiger partial charge is 0.269 e. The lowest BCUT2D eigenvalue weighted by Crippen LogP contribution is -2.26. The van der Waals surface area contributed by atoms with Crippen LogP contribution in [-0.4, -0.2) is 31.4 Å². The Morgan fingerprint density at radius 2 is 2.10 bits per heavy atom. The summed E-state index contributed by atoms with van der Waals surface area (Å²) in [5.41, 5.74) is 6.58. The van der Waals surface area contributed by atoms with Gasteiger partial charge in [-0.25, -0.2) is 0 Å². The van der Waals surface area contributed by atoms with Gasteiger partial charge in [0.05, 0.1) is 11.9 Å². The average molecular weight is 276 g/mol. The molecule has 8 heteroatoms. The van der Waals surface area contributed by atoms with E-state index in [4.69, 9.17) is 5.73 Å². The minimum Gasteiger partial charge on any atom is -0.364 e. The Labute approximate surface area is 115 Å². The molecule has 106 valence electrons. The number of carbonyl (C=O) groups excluding carboxylic acids is 2. The molecule has 0 aliphatic rings. The molecule has 8 nitrogen and oxygen atoms in total. The fourth-order valence-corrected chi connectivity index (χ4v) is 1.96. The molecule has 2 aromatic rings. The van der Waals surface area contributed by atoms with Gasteiger partial charge in [-0.2, -0.15) is 10.2 Å². The highest BCUT2D eigenvalue weighted by atomic mass is 16.2. The molecule has 2 heterocycles.